The zero-order valence-electron chi connectivity index (χ0n) is 12.1. The average Bonchev–Trinajstić information content (AvgIpc) is 2.76. The summed E-state index contributed by atoms with van der Waals surface area (Å²) in [5.41, 5.74) is 11.7. The molecule has 0 saturated carbocycles. The molecule has 2 N–H and O–H groups in total. The van der Waals surface area contributed by atoms with Crippen LogP contribution in [0.3, 0.4) is 0 Å². The Morgan fingerprint density at radius 3 is 2.57 bits per heavy atom. The number of carbonyl (C=O) groups excluding carboxylic acids is 1. The van der Waals surface area contributed by atoms with Crippen LogP contribution in [0, 0.1) is 6.92 Å². The van der Waals surface area contributed by atoms with Crippen LogP contribution in [0.25, 0.3) is 0 Å². The lowest BCUT2D eigenvalue weighted by Gasteiger charge is -2.16. The van der Waals surface area contributed by atoms with Gasteiger partial charge in [0.2, 0.25) is 5.91 Å². The summed E-state index contributed by atoms with van der Waals surface area (Å²) in [6, 6.07) is 12.0. The number of halogens is 1. The largest absolute Gasteiger partial charge is 0.320 e. The molecular formula is C17H17BrN2O. The summed E-state index contributed by atoms with van der Waals surface area (Å²) >= 11 is 3.50. The molecular weight excluding hydrogens is 328 g/mol. The van der Waals surface area contributed by atoms with Gasteiger partial charge in [-0.05, 0) is 41.3 Å². The summed E-state index contributed by atoms with van der Waals surface area (Å²) in [5, 5.41) is 0. The van der Waals surface area contributed by atoms with E-state index in [1.54, 1.807) is 4.90 Å². The summed E-state index contributed by atoms with van der Waals surface area (Å²) in [4.78, 5) is 13.5. The Morgan fingerprint density at radius 1 is 1.19 bits per heavy atom. The van der Waals surface area contributed by atoms with Crippen LogP contribution in [-0.2, 0) is 11.2 Å². The standard InChI is InChI=1S/C17H17BrN2O/c1-10-7-11(3-5-14(10)18)17(19)12-4-6-15-13(8-12)9-16(21)20(15)2/h3-8,17H,9,19H2,1-2H3. The van der Waals surface area contributed by atoms with Gasteiger partial charge in [-0.1, -0.05) is 40.2 Å². The zero-order chi connectivity index (χ0) is 15.1. The highest BCUT2D eigenvalue weighted by molar-refractivity contribution is 9.10. The van der Waals surface area contributed by atoms with Crippen LogP contribution < -0.4 is 10.6 Å². The van der Waals surface area contributed by atoms with Gasteiger partial charge in [-0.15, -0.1) is 0 Å². The Hall–Kier alpha value is -1.65. The second-order valence-electron chi connectivity index (χ2n) is 5.50. The van der Waals surface area contributed by atoms with E-state index in [4.69, 9.17) is 5.73 Å². The minimum atomic E-state index is -0.178. The molecule has 21 heavy (non-hydrogen) atoms. The highest BCUT2D eigenvalue weighted by Gasteiger charge is 2.24. The van der Waals surface area contributed by atoms with Crippen LogP contribution in [0.4, 0.5) is 5.69 Å². The zero-order valence-corrected chi connectivity index (χ0v) is 13.6. The number of aryl methyl sites for hydroxylation is 1. The molecule has 1 aliphatic rings. The van der Waals surface area contributed by atoms with Crippen molar-refractivity contribution in [3.8, 4) is 0 Å². The number of benzene rings is 2. The summed E-state index contributed by atoms with van der Waals surface area (Å²) < 4.78 is 1.08. The highest BCUT2D eigenvalue weighted by Crippen LogP contribution is 2.32. The molecule has 1 unspecified atom stereocenters. The van der Waals surface area contributed by atoms with Crippen molar-refractivity contribution in [3.63, 3.8) is 0 Å². The summed E-state index contributed by atoms with van der Waals surface area (Å²) in [5.74, 6) is 0.134. The topological polar surface area (TPSA) is 46.3 Å². The van der Waals surface area contributed by atoms with Crippen molar-refractivity contribution in [2.24, 2.45) is 5.73 Å². The van der Waals surface area contributed by atoms with E-state index in [-0.39, 0.29) is 11.9 Å². The number of fused-ring (bicyclic) bond motifs is 1. The summed E-state index contributed by atoms with van der Waals surface area (Å²) in [7, 11) is 1.81. The van der Waals surface area contributed by atoms with Crippen LogP contribution in [0.2, 0.25) is 0 Å². The number of hydrogen-bond donors (Lipinski definition) is 1. The van der Waals surface area contributed by atoms with Crippen molar-refractivity contribution in [2.45, 2.75) is 19.4 Å². The lowest BCUT2D eigenvalue weighted by atomic mass is 9.96. The first-order chi connectivity index (χ1) is 9.97. The van der Waals surface area contributed by atoms with Gasteiger partial charge < -0.3 is 10.6 Å². The minimum Gasteiger partial charge on any atom is -0.320 e. The van der Waals surface area contributed by atoms with Crippen LogP contribution in [0.15, 0.2) is 40.9 Å². The third kappa shape index (κ3) is 2.49. The van der Waals surface area contributed by atoms with Crippen LogP contribution in [-0.4, -0.2) is 13.0 Å². The molecule has 4 heteroatoms. The molecule has 1 amide bonds. The molecule has 1 heterocycles. The first-order valence-electron chi connectivity index (χ1n) is 6.88. The predicted octanol–water partition coefficient (Wildman–Crippen LogP) is 3.32. The van der Waals surface area contributed by atoms with Crippen molar-refractivity contribution in [2.75, 3.05) is 11.9 Å². The summed E-state index contributed by atoms with van der Waals surface area (Å²) in [6.07, 6.45) is 0.464. The quantitative estimate of drug-likeness (QED) is 0.908. The number of nitrogens with zero attached hydrogens (tertiary/aromatic N) is 1. The Balaban J connectivity index is 1.96. The van der Waals surface area contributed by atoms with Gasteiger partial charge in [-0.2, -0.15) is 0 Å². The molecule has 3 rings (SSSR count). The first-order valence-corrected chi connectivity index (χ1v) is 7.67. The van der Waals surface area contributed by atoms with Gasteiger partial charge in [0.25, 0.3) is 0 Å². The number of carbonyl (C=O) groups is 1. The predicted molar refractivity (Wildman–Crippen MR) is 88.5 cm³/mol. The molecule has 0 aromatic heterocycles. The molecule has 0 bridgehead atoms. The SMILES string of the molecule is Cc1cc(C(N)c2ccc3c(c2)CC(=O)N3C)ccc1Br. The second-order valence-corrected chi connectivity index (χ2v) is 6.36. The van der Waals surface area contributed by atoms with Gasteiger partial charge in [0, 0.05) is 17.2 Å². The van der Waals surface area contributed by atoms with Gasteiger partial charge in [0.05, 0.1) is 12.5 Å². The average molecular weight is 345 g/mol. The van der Waals surface area contributed by atoms with Crippen molar-refractivity contribution in [1.82, 2.24) is 0 Å². The maximum absolute atomic E-state index is 11.8. The molecule has 3 nitrogen and oxygen atoms in total. The molecule has 1 aliphatic heterocycles. The summed E-state index contributed by atoms with van der Waals surface area (Å²) in [6.45, 7) is 2.05. The Bertz CT molecular complexity index is 727. The Kier molecular flexibility index (Phi) is 3.59. The minimum absolute atomic E-state index is 0.134. The molecule has 2 aromatic carbocycles. The lowest BCUT2D eigenvalue weighted by molar-refractivity contribution is -0.117. The number of anilines is 1. The lowest BCUT2D eigenvalue weighted by Crippen LogP contribution is -2.20. The van der Waals surface area contributed by atoms with Gasteiger partial charge >= 0.3 is 0 Å². The fourth-order valence-electron chi connectivity index (χ4n) is 2.74. The molecule has 0 fully saturated rings. The Morgan fingerprint density at radius 2 is 1.86 bits per heavy atom. The molecule has 0 saturated heterocycles. The molecule has 2 aromatic rings. The van der Waals surface area contributed by atoms with E-state index in [0.29, 0.717) is 6.42 Å². The van der Waals surface area contributed by atoms with E-state index in [9.17, 15) is 4.79 Å². The number of amides is 1. The fraction of sp³-hybridized carbons (Fsp3) is 0.235. The normalized spacial score (nSPS) is 15.2. The first kappa shape index (κ1) is 14.3. The number of hydrogen-bond acceptors (Lipinski definition) is 2. The van der Waals surface area contributed by atoms with Crippen LogP contribution >= 0.6 is 15.9 Å². The van der Waals surface area contributed by atoms with Gasteiger partial charge in [-0.25, -0.2) is 0 Å². The highest BCUT2D eigenvalue weighted by atomic mass is 79.9. The maximum Gasteiger partial charge on any atom is 0.231 e. The van der Waals surface area contributed by atoms with Gasteiger partial charge in [-0.3, -0.25) is 4.79 Å². The van der Waals surface area contributed by atoms with Gasteiger partial charge in [0.15, 0.2) is 0 Å². The third-order valence-electron chi connectivity index (χ3n) is 4.08. The number of nitrogens with two attached hydrogens (primary N) is 1. The molecule has 108 valence electrons. The fourth-order valence-corrected chi connectivity index (χ4v) is 2.98. The van der Waals surface area contributed by atoms with E-state index < -0.39 is 0 Å². The maximum atomic E-state index is 11.8. The van der Waals surface area contributed by atoms with Crippen LogP contribution in [0.1, 0.15) is 28.3 Å². The van der Waals surface area contributed by atoms with E-state index in [1.165, 1.54) is 5.56 Å². The van der Waals surface area contributed by atoms with E-state index in [1.807, 2.05) is 31.3 Å². The van der Waals surface area contributed by atoms with E-state index in [2.05, 4.69) is 35.0 Å². The second kappa shape index (κ2) is 5.28. The molecule has 0 aliphatic carbocycles. The van der Waals surface area contributed by atoms with Crippen LogP contribution in [0.5, 0.6) is 0 Å². The van der Waals surface area contributed by atoms with Gasteiger partial charge in [0.1, 0.15) is 0 Å². The van der Waals surface area contributed by atoms with Crippen molar-refractivity contribution < 1.29 is 4.79 Å². The number of likely N-dealkylation sites (N-methyl/N-ethyl adjacent to an activating group) is 1. The van der Waals surface area contributed by atoms with Crippen molar-refractivity contribution in [3.05, 3.63) is 63.1 Å². The molecule has 0 radical (unpaired) electrons. The molecule has 0 spiro atoms. The number of rotatable bonds is 2. The van der Waals surface area contributed by atoms with Crippen molar-refractivity contribution in [1.29, 1.82) is 0 Å². The van der Waals surface area contributed by atoms with E-state index in [0.717, 1.165) is 26.9 Å². The Labute approximate surface area is 132 Å². The van der Waals surface area contributed by atoms with Crippen molar-refractivity contribution >= 4 is 27.5 Å². The smallest absolute Gasteiger partial charge is 0.231 e. The van der Waals surface area contributed by atoms with E-state index >= 15 is 0 Å². The molecule has 1 atom stereocenters. The monoisotopic (exact) mass is 344 g/mol. The third-order valence-corrected chi connectivity index (χ3v) is 4.97.